The molecule has 3 rings (SSSR count). The molecule has 154 valence electrons. The van der Waals surface area contributed by atoms with Crippen LogP contribution in [-0.2, 0) is 16.0 Å². The molecule has 0 aliphatic carbocycles. The number of nitrogens with one attached hydrogen (secondary N) is 1. The number of carbonyl (C=O) groups excluding carboxylic acids is 2. The molecule has 1 heterocycles. The maximum absolute atomic E-state index is 12.1. The number of benzene rings is 2. The van der Waals surface area contributed by atoms with Gasteiger partial charge in [-0.1, -0.05) is 54.6 Å². The van der Waals surface area contributed by atoms with Gasteiger partial charge in [0, 0.05) is 37.3 Å². The van der Waals surface area contributed by atoms with Crippen molar-refractivity contribution in [1.82, 2.24) is 10.3 Å². The van der Waals surface area contributed by atoms with Crippen molar-refractivity contribution >= 4 is 11.7 Å². The Morgan fingerprint density at radius 1 is 0.900 bits per heavy atom. The van der Waals surface area contributed by atoms with Crippen LogP contribution in [0.25, 0.3) is 11.1 Å². The second kappa shape index (κ2) is 11.5. The van der Waals surface area contributed by atoms with Crippen molar-refractivity contribution in [2.45, 2.75) is 25.7 Å². The SMILES string of the molecule is O=C(CCCNC(=O)COc1ccccc1-c1ccccc1)CCc1cccnc1. The molecule has 1 aromatic heterocycles. The average molecular weight is 402 g/mol. The van der Waals surface area contributed by atoms with E-state index in [4.69, 9.17) is 4.74 Å². The van der Waals surface area contributed by atoms with Crippen LogP contribution in [0, 0.1) is 0 Å². The van der Waals surface area contributed by atoms with E-state index in [1.54, 1.807) is 12.4 Å². The molecule has 0 unspecified atom stereocenters. The molecular weight excluding hydrogens is 376 g/mol. The van der Waals surface area contributed by atoms with Crippen LogP contribution in [0.5, 0.6) is 5.75 Å². The van der Waals surface area contributed by atoms with Crippen molar-refractivity contribution in [3.05, 3.63) is 84.7 Å². The summed E-state index contributed by atoms with van der Waals surface area (Å²) in [5.74, 6) is 0.672. The summed E-state index contributed by atoms with van der Waals surface area (Å²) in [7, 11) is 0. The molecule has 5 heteroatoms. The van der Waals surface area contributed by atoms with Crippen LogP contribution in [0.1, 0.15) is 24.8 Å². The van der Waals surface area contributed by atoms with Gasteiger partial charge in [0.15, 0.2) is 6.61 Å². The highest BCUT2D eigenvalue weighted by Crippen LogP contribution is 2.29. The number of hydrogen-bond donors (Lipinski definition) is 1. The van der Waals surface area contributed by atoms with E-state index in [1.807, 2.05) is 66.7 Å². The van der Waals surface area contributed by atoms with Crippen LogP contribution in [0.3, 0.4) is 0 Å². The fourth-order valence-electron chi connectivity index (χ4n) is 3.11. The predicted octanol–water partition coefficient (Wildman–Crippen LogP) is 4.23. The molecule has 0 spiro atoms. The Balaban J connectivity index is 1.35. The van der Waals surface area contributed by atoms with Gasteiger partial charge in [0.05, 0.1) is 0 Å². The second-order valence-electron chi connectivity index (χ2n) is 7.00. The topological polar surface area (TPSA) is 68.3 Å². The molecule has 0 aliphatic rings. The lowest BCUT2D eigenvalue weighted by molar-refractivity contribution is -0.123. The number of aryl methyl sites for hydroxylation is 1. The van der Waals surface area contributed by atoms with E-state index < -0.39 is 0 Å². The molecule has 1 amide bonds. The number of para-hydroxylation sites is 1. The van der Waals surface area contributed by atoms with Crippen molar-refractivity contribution in [3.63, 3.8) is 0 Å². The summed E-state index contributed by atoms with van der Waals surface area (Å²) in [6, 6.07) is 21.4. The summed E-state index contributed by atoms with van der Waals surface area (Å²) in [6.45, 7) is 0.403. The van der Waals surface area contributed by atoms with Gasteiger partial charge in [-0.3, -0.25) is 14.6 Å². The molecule has 0 radical (unpaired) electrons. The van der Waals surface area contributed by atoms with Gasteiger partial charge in [0.1, 0.15) is 11.5 Å². The number of carbonyl (C=O) groups is 2. The van der Waals surface area contributed by atoms with E-state index in [-0.39, 0.29) is 18.3 Å². The third-order valence-corrected chi connectivity index (χ3v) is 4.70. The maximum atomic E-state index is 12.1. The van der Waals surface area contributed by atoms with Crippen LogP contribution in [0.2, 0.25) is 0 Å². The Hall–Kier alpha value is -3.47. The second-order valence-corrected chi connectivity index (χ2v) is 7.00. The minimum Gasteiger partial charge on any atom is -0.483 e. The van der Waals surface area contributed by atoms with Crippen LogP contribution >= 0.6 is 0 Å². The molecule has 0 saturated carbocycles. The van der Waals surface area contributed by atoms with Crippen LogP contribution in [-0.4, -0.2) is 29.8 Å². The fourth-order valence-corrected chi connectivity index (χ4v) is 3.11. The number of hydrogen-bond acceptors (Lipinski definition) is 4. The zero-order chi connectivity index (χ0) is 21.0. The van der Waals surface area contributed by atoms with Gasteiger partial charge < -0.3 is 10.1 Å². The lowest BCUT2D eigenvalue weighted by Crippen LogP contribution is -2.30. The van der Waals surface area contributed by atoms with Gasteiger partial charge in [-0.2, -0.15) is 0 Å². The zero-order valence-electron chi connectivity index (χ0n) is 16.9. The standard InChI is InChI=1S/C25H26N2O3/c28-22(15-14-20-8-6-16-26-18-20)11-7-17-27-25(29)19-30-24-13-5-4-12-23(24)21-9-2-1-3-10-21/h1-6,8-10,12-13,16,18H,7,11,14-15,17,19H2,(H,27,29). The number of ether oxygens (including phenoxy) is 1. The number of aromatic nitrogens is 1. The highest BCUT2D eigenvalue weighted by atomic mass is 16.5. The molecule has 5 nitrogen and oxygen atoms in total. The van der Waals surface area contributed by atoms with Gasteiger partial charge in [0.25, 0.3) is 5.91 Å². The van der Waals surface area contributed by atoms with Crippen molar-refractivity contribution in [2.24, 2.45) is 0 Å². The first-order valence-electron chi connectivity index (χ1n) is 10.2. The van der Waals surface area contributed by atoms with E-state index in [0.29, 0.717) is 38.0 Å². The summed E-state index contributed by atoms with van der Waals surface area (Å²) >= 11 is 0. The van der Waals surface area contributed by atoms with E-state index in [9.17, 15) is 9.59 Å². The molecule has 0 bridgehead atoms. The summed E-state index contributed by atoms with van der Waals surface area (Å²) < 4.78 is 5.73. The molecule has 0 saturated heterocycles. The quantitative estimate of drug-likeness (QED) is 0.488. The van der Waals surface area contributed by atoms with Gasteiger partial charge in [0.2, 0.25) is 0 Å². The number of Topliss-reactive ketones (excluding diaryl/α,β-unsaturated/α-hetero) is 1. The van der Waals surface area contributed by atoms with Crippen LogP contribution in [0.4, 0.5) is 0 Å². The van der Waals surface area contributed by atoms with Gasteiger partial charge >= 0.3 is 0 Å². The average Bonchev–Trinajstić information content (AvgIpc) is 2.80. The summed E-state index contributed by atoms with van der Waals surface area (Å²) in [4.78, 5) is 28.1. The Bertz CT molecular complexity index is 943. The number of rotatable bonds is 11. The van der Waals surface area contributed by atoms with E-state index >= 15 is 0 Å². The van der Waals surface area contributed by atoms with Gasteiger partial charge in [-0.15, -0.1) is 0 Å². The van der Waals surface area contributed by atoms with Crippen molar-refractivity contribution in [2.75, 3.05) is 13.2 Å². The summed E-state index contributed by atoms with van der Waals surface area (Å²) in [5, 5.41) is 2.82. The predicted molar refractivity (Wildman–Crippen MR) is 117 cm³/mol. The number of amides is 1. The minimum atomic E-state index is -0.194. The highest BCUT2D eigenvalue weighted by molar-refractivity contribution is 5.79. The van der Waals surface area contributed by atoms with Crippen LogP contribution < -0.4 is 10.1 Å². The van der Waals surface area contributed by atoms with Gasteiger partial charge in [-0.25, -0.2) is 0 Å². The molecule has 1 N–H and O–H groups in total. The fraction of sp³-hybridized carbons (Fsp3) is 0.240. The number of ketones is 1. The monoisotopic (exact) mass is 402 g/mol. The summed E-state index contributed by atoms with van der Waals surface area (Å²) in [6.07, 6.45) is 5.78. The molecule has 0 fully saturated rings. The van der Waals surface area contributed by atoms with E-state index in [0.717, 1.165) is 16.7 Å². The molecule has 2 aromatic carbocycles. The molecule has 3 aromatic rings. The number of pyridine rings is 1. The van der Waals surface area contributed by atoms with E-state index in [1.165, 1.54) is 0 Å². The van der Waals surface area contributed by atoms with Crippen molar-refractivity contribution in [3.8, 4) is 16.9 Å². The Morgan fingerprint density at radius 2 is 1.70 bits per heavy atom. The lowest BCUT2D eigenvalue weighted by atomic mass is 10.1. The van der Waals surface area contributed by atoms with Crippen molar-refractivity contribution in [1.29, 1.82) is 0 Å². The van der Waals surface area contributed by atoms with Crippen LogP contribution in [0.15, 0.2) is 79.1 Å². The Morgan fingerprint density at radius 3 is 2.50 bits per heavy atom. The molecule has 0 atom stereocenters. The van der Waals surface area contributed by atoms with Crippen molar-refractivity contribution < 1.29 is 14.3 Å². The highest BCUT2D eigenvalue weighted by Gasteiger charge is 2.08. The smallest absolute Gasteiger partial charge is 0.257 e. The lowest BCUT2D eigenvalue weighted by Gasteiger charge is -2.12. The summed E-state index contributed by atoms with van der Waals surface area (Å²) in [5.41, 5.74) is 3.05. The molecular formula is C25H26N2O3. The largest absolute Gasteiger partial charge is 0.483 e. The first-order valence-corrected chi connectivity index (χ1v) is 10.2. The normalized spacial score (nSPS) is 10.4. The third kappa shape index (κ3) is 6.85. The maximum Gasteiger partial charge on any atom is 0.257 e. The molecule has 30 heavy (non-hydrogen) atoms. The zero-order valence-corrected chi connectivity index (χ0v) is 16.9. The first kappa shape index (κ1) is 21.2. The number of nitrogens with zero attached hydrogens (tertiary/aromatic N) is 1. The Kier molecular flexibility index (Phi) is 8.15. The first-order chi connectivity index (χ1) is 14.7. The van der Waals surface area contributed by atoms with E-state index in [2.05, 4.69) is 10.3 Å². The van der Waals surface area contributed by atoms with Gasteiger partial charge in [-0.05, 0) is 36.1 Å². The third-order valence-electron chi connectivity index (χ3n) is 4.70. The Labute approximate surface area is 177 Å². The minimum absolute atomic E-state index is 0.0567. The molecule has 0 aliphatic heterocycles.